The Morgan fingerprint density at radius 1 is 0.837 bits per heavy atom. The van der Waals surface area contributed by atoms with Crippen molar-refractivity contribution in [3.63, 3.8) is 0 Å². The van der Waals surface area contributed by atoms with Crippen LogP contribution in [-0.4, -0.2) is 64.1 Å². The summed E-state index contributed by atoms with van der Waals surface area (Å²) in [4.78, 5) is 58.9. The van der Waals surface area contributed by atoms with Gasteiger partial charge in [-0.3, -0.25) is 9.59 Å². The zero-order valence-corrected chi connectivity index (χ0v) is 29.3. The molecule has 3 aromatic rings. The molecule has 1 heterocycles. The number of amides is 4. The largest absolute Gasteiger partial charge is 0.445 e. The van der Waals surface area contributed by atoms with Crippen LogP contribution in [0.1, 0.15) is 70.6 Å². The fourth-order valence-electron chi connectivity index (χ4n) is 5.90. The summed E-state index contributed by atoms with van der Waals surface area (Å²) in [7, 11) is 0. The summed E-state index contributed by atoms with van der Waals surface area (Å²) in [6, 6.07) is 27.4. The summed E-state index contributed by atoms with van der Waals surface area (Å²) in [5.74, 6) is -0.990. The second kappa shape index (κ2) is 17.0. The number of rotatable bonds is 12. The third-order valence-corrected chi connectivity index (χ3v) is 8.89. The van der Waals surface area contributed by atoms with Crippen molar-refractivity contribution < 1.29 is 28.7 Å². The summed E-state index contributed by atoms with van der Waals surface area (Å²) in [5.41, 5.74) is 0.550. The molecule has 2 N–H and O–H groups in total. The maximum Gasteiger partial charge on any atom is 0.410 e. The molecule has 1 saturated heterocycles. The van der Waals surface area contributed by atoms with E-state index in [1.165, 1.54) is 0 Å². The number of nitrogens with one attached hydrogen (secondary N) is 2. The van der Waals surface area contributed by atoms with Gasteiger partial charge in [0.15, 0.2) is 0 Å². The van der Waals surface area contributed by atoms with E-state index in [0.29, 0.717) is 6.42 Å². The summed E-state index contributed by atoms with van der Waals surface area (Å²) in [5, 5.41) is 5.94. The van der Waals surface area contributed by atoms with Gasteiger partial charge in [-0.05, 0) is 56.2 Å². The number of alkyl carbamates (subject to hydrolysis) is 1. The highest BCUT2D eigenvalue weighted by atomic mass is 16.6. The highest BCUT2D eigenvalue weighted by Gasteiger charge is 2.51. The Bertz CT molecular complexity index is 1520. The molecule has 4 amide bonds. The predicted molar refractivity (Wildman–Crippen MR) is 188 cm³/mol. The number of hydrogen-bond acceptors (Lipinski definition) is 6. The summed E-state index contributed by atoms with van der Waals surface area (Å²) < 4.78 is 11.2. The molecule has 10 heteroatoms. The number of likely N-dealkylation sites (tertiary alicyclic amines) is 1. The van der Waals surface area contributed by atoms with Crippen LogP contribution in [0.5, 0.6) is 0 Å². The van der Waals surface area contributed by atoms with Crippen molar-refractivity contribution in [2.45, 2.75) is 90.8 Å². The van der Waals surface area contributed by atoms with Crippen LogP contribution < -0.4 is 10.6 Å². The predicted octanol–water partition coefficient (Wildman–Crippen LogP) is 6.44. The Hall–Kier alpha value is -4.86. The molecule has 0 aliphatic carbocycles. The van der Waals surface area contributed by atoms with Crippen LogP contribution in [-0.2, 0) is 38.8 Å². The first-order valence-electron chi connectivity index (χ1n) is 17.0. The number of benzene rings is 3. The lowest BCUT2D eigenvalue weighted by atomic mass is 9.82. The van der Waals surface area contributed by atoms with Gasteiger partial charge in [-0.2, -0.15) is 0 Å². The van der Waals surface area contributed by atoms with E-state index in [4.69, 9.17) is 9.47 Å². The Kier molecular flexibility index (Phi) is 12.8. The van der Waals surface area contributed by atoms with Crippen molar-refractivity contribution in [3.05, 3.63) is 108 Å². The van der Waals surface area contributed by atoms with Crippen LogP contribution >= 0.6 is 0 Å². The standard InChI is InChI=1S/C39H50N4O6/c1-6-29(2)33(41-36(46)48-28-32-20-14-9-15-21-32)34(44)43(27-31-18-12-8-13-19-31)39(35(45)40-26-30-16-10-7-11-17-30)22-24-42(25-23-39)37(47)49-38(3,4)5/h7-21,29,33H,6,22-28H2,1-5H3,(H,40,45)(H,41,46)/t29-,33+/m1/s1. The Morgan fingerprint density at radius 2 is 1.37 bits per heavy atom. The van der Waals surface area contributed by atoms with Crippen LogP contribution in [0.4, 0.5) is 9.59 Å². The Labute approximate surface area is 290 Å². The van der Waals surface area contributed by atoms with Gasteiger partial charge in [-0.1, -0.05) is 111 Å². The number of piperidine rings is 1. The molecule has 10 nitrogen and oxygen atoms in total. The molecule has 2 atom stereocenters. The van der Waals surface area contributed by atoms with Crippen LogP contribution in [0.3, 0.4) is 0 Å². The molecule has 1 aliphatic heterocycles. The van der Waals surface area contributed by atoms with Gasteiger partial charge in [0.25, 0.3) is 0 Å². The van der Waals surface area contributed by atoms with Crippen LogP contribution in [0.25, 0.3) is 0 Å². The van der Waals surface area contributed by atoms with Gasteiger partial charge in [0, 0.05) is 26.2 Å². The second-order valence-corrected chi connectivity index (χ2v) is 13.6. The maximum atomic E-state index is 14.9. The molecule has 0 bridgehead atoms. The fraction of sp³-hybridized carbons (Fsp3) is 0.436. The van der Waals surface area contributed by atoms with Crippen LogP contribution in [0.15, 0.2) is 91.0 Å². The van der Waals surface area contributed by atoms with Crippen LogP contribution in [0.2, 0.25) is 0 Å². The molecular weight excluding hydrogens is 620 g/mol. The van der Waals surface area contributed by atoms with E-state index in [1.54, 1.807) is 9.80 Å². The first-order valence-corrected chi connectivity index (χ1v) is 17.0. The van der Waals surface area contributed by atoms with Gasteiger partial charge in [0.2, 0.25) is 11.8 Å². The summed E-state index contributed by atoms with van der Waals surface area (Å²) >= 11 is 0. The van der Waals surface area contributed by atoms with Crippen molar-refractivity contribution in [2.24, 2.45) is 5.92 Å². The highest BCUT2D eigenvalue weighted by molar-refractivity contribution is 5.94. The lowest BCUT2D eigenvalue weighted by Crippen LogP contribution is -2.67. The van der Waals surface area contributed by atoms with Gasteiger partial charge < -0.3 is 29.9 Å². The highest BCUT2D eigenvalue weighted by Crippen LogP contribution is 2.34. The molecule has 0 radical (unpaired) electrons. The normalized spacial score (nSPS) is 15.3. The minimum absolute atomic E-state index is 0.0498. The zero-order valence-electron chi connectivity index (χ0n) is 29.3. The molecule has 262 valence electrons. The van der Waals surface area contributed by atoms with E-state index < -0.39 is 35.3 Å². The first-order chi connectivity index (χ1) is 23.4. The van der Waals surface area contributed by atoms with Crippen LogP contribution in [0, 0.1) is 5.92 Å². The third kappa shape index (κ3) is 10.3. The monoisotopic (exact) mass is 670 g/mol. The Balaban J connectivity index is 1.68. The Morgan fingerprint density at radius 3 is 1.90 bits per heavy atom. The number of nitrogens with zero attached hydrogens (tertiary/aromatic N) is 2. The average Bonchev–Trinajstić information content (AvgIpc) is 3.11. The van der Waals surface area contributed by atoms with E-state index in [2.05, 4.69) is 10.6 Å². The number of hydrogen-bond donors (Lipinski definition) is 2. The lowest BCUT2D eigenvalue weighted by Gasteiger charge is -2.48. The van der Waals surface area contributed by atoms with E-state index in [-0.39, 0.29) is 57.5 Å². The minimum Gasteiger partial charge on any atom is -0.445 e. The topological polar surface area (TPSA) is 117 Å². The van der Waals surface area contributed by atoms with Crippen molar-refractivity contribution >= 4 is 24.0 Å². The number of carbonyl (C=O) groups excluding carboxylic acids is 4. The molecular formula is C39H50N4O6. The quantitative estimate of drug-likeness (QED) is 0.229. The van der Waals surface area contributed by atoms with Gasteiger partial charge >= 0.3 is 12.2 Å². The molecule has 0 unspecified atom stereocenters. The molecule has 0 spiro atoms. The van der Waals surface area contributed by atoms with Gasteiger partial charge in [-0.15, -0.1) is 0 Å². The van der Waals surface area contributed by atoms with E-state index in [9.17, 15) is 19.2 Å². The first kappa shape index (κ1) is 37.0. The molecule has 1 aliphatic rings. The molecule has 49 heavy (non-hydrogen) atoms. The van der Waals surface area contributed by atoms with Crippen molar-refractivity contribution in [2.75, 3.05) is 13.1 Å². The smallest absolute Gasteiger partial charge is 0.410 e. The van der Waals surface area contributed by atoms with Crippen molar-refractivity contribution in [1.29, 1.82) is 0 Å². The lowest BCUT2D eigenvalue weighted by molar-refractivity contribution is -0.154. The molecule has 0 aromatic heterocycles. The summed E-state index contributed by atoms with van der Waals surface area (Å²) in [6.07, 6.45) is -0.237. The van der Waals surface area contributed by atoms with Gasteiger partial charge in [0.1, 0.15) is 23.8 Å². The van der Waals surface area contributed by atoms with E-state index >= 15 is 0 Å². The maximum absolute atomic E-state index is 14.9. The zero-order chi connectivity index (χ0) is 35.4. The third-order valence-electron chi connectivity index (χ3n) is 8.89. The van der Waals surface area contributed by atoms with Crippen molar-refractivity contribution in [3.8, 4) is 0 Å². The molecule has 4 rings (SSSR count). The number of carbonyl (C=O) groups is 4. The molecule has 3 aromatic carbocycles. The van der Waals surface area contributed by atoms with Crippen molar-refractivity contribution in [1.82, 2.24) is 20.4 Å². The van der Waals surface area contributed by atoms with E-state index in [0.717, 1.165) is 16.7 Å². The second-order valence-electron chi connectivity index (χ2n) is 13.6. The van der Waals surface area contributed by atoms with E-state index in [1.807, 2.05) is 126 Å². The molecule has 0 saturated carbocycles. The summed E-state index contributed by atoms with van der Waals surface area (Å²) in [6.45, 7) is 10.1. The minimum atomic E-state index is -1.33. The van der Waals surface area contributed by atoms with Gasteiger partial charge in [0.05, 0.1) is 0 Å². The molecule has 1 fully saturated rings. The van der Waals surface area contributed by atoms with Gasteiger partial charge in [-0.25, -0.2) is 9.59 Å². The average molecular weight is 671 g/mol. The number of ether oxygens (including phenoxy) is 2. The fourth-order valence-corrected chi connectivity index (χ4v) is 5.90. The SMILES string of the molecule is CC[C@@H](C)[C@H](NC(=O)OCc1ccccc1)C(=O)N(Cc1ccccc1)C1(C(=O)NCc2ccccc2)CCN(C(=O)OC(C)(C)C)CC1.